The summed E-state index contributed by atoms with van der Waals surface area (Å²) in [6, 6.07) is 7.40. The molecule has 1 saturated heterocycles. The second-order valence-electron chi connectivity index (χ2n) is 5.03. The van der Waals surface area contributed by atoms with E-state index in [4.69, 9.17) is 11.7 Å². The number of carbonyl (C=O) groups excluding carboxylic acids is 3. The maximum absolute atomic E-state index is 11.8. The number of amides is 3. The summed E-state index contributed by atoms with van der Waals surface area (Å²) in [7, 11) is 0. The number of rotatable bonds is 8. The first-order chi connectivity index (χ1) is 12.1. The molecule has 11 nitrogen and oxygen atoms in total. The van der Waals surface area contributed by atoms with Crippen LogP contribution in [0.1, 0.15) is 10.4 Å². The van der Waals surface area contributed by atoms with E-state index >= 15 is 0 Å². The summed E-state index contributed by atoms with van der Waals surface area (Å²) in [6.45, 7) is 0.392. The predicted octanol–water partition coefficient (Wildman–Crippen LogP) is -1.54. The molecule has 3 unspecified atom stereocenters. The standard InChI is InChI=1S/C13H18N8O3S/c14-16-12(23)9-6-21(9)10(13(24)17-15)7-25-20-19-18-11(22)8-4-2-1-3-5-8/h1-5,9-10H,6-7,14-15H2,(H,16,23)(H,17,24)(H,18,20,22). The Kier molecular flexibility index (Phi) is 6.82. The average molecular weight is 366 g/mol. The molecule has 1 aliphatic heterocycles. The van der Waals surface area contributed by atoms with Gasteiger partial charge >= 0.3 is 0 Å². The smallest absolute Gasteiger partial charge is 0.272 e. The van der Waals surface area contributed by atoms with Crippen molar-refractivity contribution in [3.05, 3.63) is 35.9 Å². The molecule has 1 aliphatic rings. The Morgan fingerprint density at radius 1 is 1.24 bits per heavy atom. The zero-order valence-electron chi connectivity index (χ0n) is 13.1. The van der Waals surface area contributed by atoms with Crippen molar-refractivity contribution in [3.8, 4) is 0 Å². The van der Waals surface area contributed by atoms with Gasteiger partial charge in [-0.25, -0.2) is 17.1 Å². The van der Waals surface area contributed by atoms with Crippen molar-refractivity contribution in [1.82, 2.24) is 21.2 Å². The van der Waals surface area contributed by atoms with Gasteiger partial charge in [0.1, 0.15) is 12.1 Å². The highest BCUT2D eigenvalue weighted by Crippen LogP contribution is 2.24. The maximum atomic E-state index is 11.8. The average Bonchev–Trinajstić information content (AvgIpc) is 3.44. The summed E-state index contributed by atoms with van der Waals surface area (Å²) in [5.41, 5.74) is 6.81. The normalized spacial score (nSPS) is 19.9. The Hall–Kier alpha value is -2.54. The summed E-state index contributed by atoms with van der Waals surface area (Å²) >= 11 is 0.955. The van der Waals surface area contributed by atoms with Gasteiger partial charge in [0.05, 0.1) is 0 Å². The molecule has 1 aromatic carbocycles. The van der Waals surface area contributed by atoms with Crippen LogP contribution in [0.4, 0.5) is 0 Å². The Labute approximate surface area is 147 Å². The molecule has 25 heavy (non-hydrogen) atoms. The van der Waals surface area contributed by atoms with Crippen LogP contribution < -0.4 is 28.0 Å². The predicted molar refractivity (Wildman–Crippen MR) is 90.2 cm³/mol. The summed E-state index contributed by atoms with van der Waals surface area (Å²) in [6.07, 6.45) is 0. The fourth-order valence-corrected chi connectivity index (χ4v) is 2.75. The zero-order chi connectivity index (χ0) is 18.2. The van der Waals surface area contributed by atoms with Crippen LogP contribution in [0.2, 0.25) is 0 Å². The molecule has 2 rings (SSSR count). The maximum Gasteiger partial charge on any atom is 0.272 e. The van der Waals surface area contributed by atoms with Gasteiger partial charge in [-0.2, -0.15) is 0 Å². The van der Waals surface area contributed by atoms with Crippen molar-refractivity contribution in [2.75, 3.05) is 12.3 Å². The number of benzene rings is 1. The molecule has 0 spiro atoms. The summed E-state index contributed by atoms with van der Waals surface area (Å²) < 4.78 is 3.73. The summed E-state index contributed by atoms with van der Waals surface area (Å²) in [5, 5.41) is 3.56. The van der Waals surface area contributed by atoms with Gasteiger partial charge in [0.2, 0.25) is 0 Å². The second-order valence-corrected chi connectivity index (χ2v) is 5.78. The number of hydrogen-bond acceptors (Lipinski definition) is 9. The lowest BCUT2D eigenvalue weighted by atomic mass is 10.2. The van der Waals surface area contributed by atoms with Gasteiger partial charge in [0.25, 0.3) is 17.7 Å². The molecule has 3 amide bonds. The largest absolute Gasteiger partial charge is 0.293 e. The zero-order valence-corrected chi connectivity index (χ0v) is 13.9. The Bertz CT molecular complexity index is 656. The summed E-state index contributed by atoms with van der Waals surface area (Å²) in [5.74, 6) is 9.19. The van der Waals surface area contributed by atoms with Crippen molar-refractivity contribution >= 4 is 29.7 Å². The highest BCUT2D eigenvalue weighted by molar-refractivity contribution is 7.97. The third-order valence-corrected chi connectivity index (χ3v) is 4.12. The first kappa shape index (κ1) is 18.8. The van der Waals surface area contributed by atoms with Crippen LogP contribution in [0, 0.1) is 0 Å². The van der Waals surface area contributed by atoms with E-state index in [1.165, 1.54) is 0 Å². The second kappa shape index (κ2) is 9.08. The van der Waals surface area contributed by atoms with Crippen molar-refractivity contribution < 1.29 is 14.4 Å². The van der Waals surface area contributed by atoms with E-state index in [0.29, 0.717) is 12.1 Å². The van der Waals surface area contributed by atoms with Crippen molar-refractivity contribution in [2.24, 2.45) is 21.4 Å². The lowest BCUT2D eigenvalue weighted by Gasteiger charge is -2.15. The van der Waals surface area contributed by atoms with Crippen LogP contribution in [0.3, 0.4) is 0 Å². The third-order valence-electron chi connectivity index (χ3n) is 3.46. The molecule has 134 valence electrons. The first-order valence-electron chi connectivity index (χ1n) is 7.22. The van der Waals surface area contributed by atoms with Crippen LogP contribution in [0.15, 0.2) is 40.1 Å². The number of nitrogens with one attached hydrogen (secondary N) is 3. The van der Waals surface area contributed by atoms with Crippen molar-refractivity contribution in [2.45, 2.75) is 12.1 Å². The molecule has 0 saturated carbocycles. The van der Waals surface area contributed by atoms with Gasteiger partial charge in [-0.3, -0.25) is 30.1 Å². The van der Waals surface area contributed by atoms with E-state index in [1.807, 2.05) is 10.9 Å². The van der Waals surface area contributed by atoms with E-state index in [-0.39, 0.29) is 11.7 Å². The molecule has 0 radical (unpaired) electrons. The van der Waals surface area contributed by atoms with Gasteiger partial charge in [0.15, 0.2) is 0 Å². The van der Waals surface area contributed by atoms with Crippen molar-refractivity contribution in [1.29, 1.82) is 0 Å². The number of hydrogen-bond donors (Lipinski definition) is 5. The Morgan fingerprint density at radius 2 is 1.96 bits per heavy atom. The SMILES string of the molecule is NNC(=O)C(CS/N=N/NC(=O)c1ccccc1)N1CC1C(=O)NN. The lowest BCUT2D eigenvalue weighted by Crippen LogP contribution is -2.46. The van der Waals surface area contributed by atoms with E-state index < -0.39 is 23.9 Å². The van der Waals surface area contributed by atoms with Gasteiger partial charge in [-0.1, -0.05) is 27.9 Å². The molecule has 1 fully saturated rings. The Balaban J connectivity index is 1.80. The highest BCUT2D eigenvalue weighted by Gasteiger charge is 2.47. The topological polar surface area (TPSA) is 167 Å². The number of hydrazine groups is 2. The number of nitrogens with two attached hydrogens (primary N) is 2. The van der Waals surface area contributed by atoms with Crippen LogP contribution in [0.5, 0.6) is 0 Å². The molecule has 1 aromatic rings. The molecular weight excluding hydrogens is 348 g/mol. The van der Waals surface area contributed by atoms with E-state index in [0.717, 1.165) is 11.9 Å². The van der Waals surface area contributed by atoms with E-state index in [9.17, 15) is 14.4 Å². The molecular formula is C13H18N8O3S. The van der Waals surface area contributed by atoms with Crippen LogP contribution in [0.25, 0.3) is 0 Å². The summed E-state index contributed by atoms with van der Waals surface area (Å²) in [4.78, 5) is 36.6. The van der Waals surface area contributed by atoms with Crippen molar-refractivity contribution in [3.63, 3.8) is 0 Å². The fraction of sp³-hybridized carbons (Fsp3) is 0.308. The third kappa shape index (κ3) is 5.22. The number of carbonyl (C=O) groups is 3. The molecule has 7 N–H and O–H groups in total. The highest BCUT2D eigenvalue weighted by atomic mass is 32.2. The molecule has 3 atom stereocenters. The molecule has 1 heterocycles. The van der Waals surface area contributed by atoms with Crippen LogP contribution in [-0.2, 0) is 9.59 Å². The number of nitrogens with zero attached hydrogens (tertiary/aromatic N) is 3. The minimum atomic E-state index is -0.666. The van der Waals surface area contributed by atoms with Gasteiger partial charge in [-0.15, -0.1) is 0 Å². The van der Waals surface area contributed by atoms with E-state index in [1.54, 1.807) is 35.2 Å². The van der Waals surface area contributed by atoms with Gasteiger partial charge in [0, 0.05) is 29.8 Å². The van der Waals surface area contributed by atoms with Crippen LogP contribution in [-0.4, -0.2) is 47.0 Å². The first-order valence-corrected chi connectivity index (χ1v) is 8.16. The molecule has 0 aromatic heterocycles. The molecule has 0 bridgehead atoms. The van der Waals surface area contributed by atoms with Crippen LogP contribution >= 0.6 is 11.9 Å². The monoisotopic (exact) mass is 366 g/mol. The molecule has 12 heteroatoms. The minimum Gasteiger partial charge on any atom is -0.293 e. The quantitative estimate of drug-likeness (QED) is 0.0928. The minimum absolute atomic E-state index is 0.197. The van der Waals surface area contributed by atoms with E-state index in [2.05, 4.69) is 15.2 Å². The fourth-order valence-electron chi connectivity index (χ4n) is 2.10. The van der Waals surface area contributed by atoms with Gasteiger partial charge in [-0.05, 0) is 12.1 Å². The van der Waals surface area contributed by atoms with Gasteiger partial charge < -0.3 is 0 Å². The lowest BCUT2D eigenvalue weighted by molar-refractivity contribution is -0.125. The Morgan fingerprint density at radius 3 is 2.60 bits per heavy atom. The molecule has 0 aliphatic carbocycles.